The Labute approximate surface area is 71.2 Å². The van der Waals surface area contributed by atoms with Crippen molar-refractivity contribution in [3.8, 4) is 0 Å². The van der Waals surface area contributed by atoms with E-state index in [0.717, 1.165) is 19.5 Å². The van der Waals surface area contributed by atoms with Crippen molar-refractivity contribution in [1.82, 2.24) is 10.2 Å². The quantitative estimate of drug-likeness (QED) is 0.566. The van der Waals surface area contributed by atoms with Gasteiger partial charge in [-0.1, -0.05) is 0 Å². The van der Waals surface area contributed by atoms with Crippen molar-refractivity contribution in [2.24, 2.45) is 0 Å². The maximum atomic E-state index is 11.1. The maximum Gasteiger partial charge on any atom is 0.246 e. The zero-order valence-electron chi connectivity index (χ0n) is 7.04. The van der Waals surface area contributed by atoms with Crippen LogP contribution in [0.15, 0.2) is 12.2 Å². The molecule has 1 aliphatic heterocycles. The Hall–Kier alpha value is -1.32. The average molecular weight is 168 g/mol. The molecule has 1 saturated heterocycles. The van der Waals surface area contributed by atoms with Crippen molar-refractivity contribution >= 4 is 11.8 Å². The third kappa shape index (κ3) is 2.08. The Morgan fingerprint density at radius 2 is 2.00 bits per heavy atom. The van der Waals surface area contributed by atoms with E-state index in [1.165, 1.54) is 19.2 Å². The third-order valence-corrected chi connectivity index (χ3v) is 1.79. The monoisotopic (exact) mass is 168 g/mol. The van der Waals surface area contributed by atoms with E-state index in [2.05, 4.69) is 5.32 Å². The molecule has 4 heteroatoms. The molecule has 66 valence electrons. The highest BCUT2D eigenvalue weighted by Crippen LogP contribution is 2.05. The molecular formula is C8H12N2O2. The zero-order chi connectivity index (χ0) is 8.97. The standard InChI is InChI=1S/C8H12N2O2/c1-9-7(11)3-4-8(12)10-5-2-6-10/h3-4H,2,5-6H2,1H3,(H,9,11)/b4-3+. The van der Waals surface area contributed by atoms with Crippen LogP contribution in [0.4, 0.5) is 0 Å². The molecule has 1 rings (SSSR count). The predicted octanol–water partition coefficient (Wildman–Crippen LogP) is -0.479. The Bertz CT molecular complexity index is 219. The lowest BCUT2D eigenvalue weighted by Crippen LogP contribution is -2.41. The van der Waals surface area contributed by atoms with Crippen LogP contribution < -0.4 is 5.32 Å². The van der Waals surface area contributed by atoms with Gasteiger partial charge in [-0.2, -0.15) is 0 Å². The van der Waals surface area contributed by atoms with Crippen molar-refractivity contribution in [2.45, 2.75) is 6.42 Å². The average Bonchev–Trinajstić information content (AvgIpc) is 1.97. The van der Waals surface area contributed by atoms with E-state index in [4.69, 9.17) is 0 Å². The third-order valence-electron chi connectivity index (χ3n) is 1.79. The normalized spacial score (nSPS) is 15.9. The van der Waals surface area contributed by atoms with Gasteiger partial charge in [-0.15, -0.1) is 0 Å². The molecule has 0 aromatic rings. The smallest absolute Gasteiger partial charge is 0.246 e. The molecule has 1 N–H and O–H groups in total. The molecule has 0 bridgehead atoms. The predicted molar refractivity (Wildman–Crippen MR) is 44.4 cm³/mol. The van der Waals surface area contributed by atoms with Gasteiger partial charge in [0.1, 0.15) is 0 Å². The first-order valence-corrected chi connectivity index (χ1v) is 3.92. The molecule has 0 aromatic heterocycles. The molecule has 2 amide bonds. The molecule has 0 aliphatic carbocycles. The van der Waals surface area contributed by atoms with Crippen molar-refractivity contribution in [3.05, 3.63) is 12.2 Å². The molecule has 12 heavy (non-hydrogen) atoms. The summed E-state index contributed by atoms with van der Waals surface area (Å²) < 4.78 is 0. The number of hydrogen-bond donors (Lipinski definition) is 1. The van der Waals surface area contributed by atoms with Gasteiger partial charge in [-0.05, 0) is 6.42 Å². The van der Waals surface area contributed by atoms with Crippen molar-refractivity contribution in [3.63, 3.8) is 0 Å². The largest absolute Gasteiger partial charge is 0.356 e. The first-order chi connectivity index (χ1) is 5.74. The number of nitrogens with one attached hydrogen (secondary N) is 1. The van der Waals surface area contributed by atoms with Crippen LogP contribution in [0.1, 0.15) is 6.42 Å². The second-order valence-electron chi connectivity index (χ2n) is 2.63. The van der Waals surface area contributed by atoms with E-state index >= 15 is 0 Å². The highest BCUT2D eigenvalue weighted by molar-refractivity contribution is 5.96. The first kappa shape index (κ1) is 8.77. The number of likely N-dealkylation sites (N-methyl/N-ethyl adjacent to an activating group) is 1. The Kier molecular flexibility index (Phi) is 2.85. The van der Waals surface area contributed by atoms with E-state index in [-0.39, 0.29) is 11.8 Å². The summed E-state index contributed by atoms with van der Waals surface area (Å²) >= 11 is 0. The number of amides is 2. The summed E-state index contributed by atoms with van der Waals surface area (Å²) in [7, 11) is 1.53. The number of nitrogens with zero attached hydrogens (tertiary/aromatic N) is 1. The van der Waals surface area contributed by atoms with Gasteiger partial charge in [0.25, 0.3) is 0 Å². The van der Waals surface area contributed by atoms with E-state index < -0.39 is 0 Å². The highest BCUT2D eigenvalue weighted by atomic mass is 16.2. The first-order valence-electron chi connectivity index (χ1n) is 3.92. The van der Waals surface area contributed by atoms with E-state index in [1.807, 2.05) is 0 Å². The van der Waals surface area contributed by atoms with E-state index in [0.29, 0.717) is 0 Å². The number of hydrogen-bond acceptors (Lipinski definition) is 2. The van der Waals surface area contributed by atoms with Gasteiger partial charge in [0.05, 0.1) is 0 Å². The number of likely N-dealkylation sites (tertiary alicyclic amines) is 1. The topological polar surface area (TPSA) is 49.4 Å². The summed E-state index contributed by atoms with van der Waals surface area (Å²) in [4.78, 5) is 23.5. The van der Waals surface area contributed by atoms with Gasteiger partial charge in [0.2, 0.25) is 11.8 Å². The number of rotatable bonds is 2. The minimum atomic E-state index is -0.246. The maximum absolute atomic E-state index is 11.1. The van der Waals surface area contributed by atoms with E-state index in [1.54, 1.807) is 4.90 Å². The lowest BCUT2D eigenvalue weighted by Gasteiger charge is -2.29. The van der Waals surface area contributed by atoms with Gasteiger partial charge in [-0.3, -0.25) is 9.59 Å². The summed E-state index contributed by atoms with van der Waals surface area (Å²) in [6, 6.07) is 0. The van der Waals surface area contributed by atoms with Gasteiger partial charge in [0.15, 0.2) is 0 Å². The molecule has 0 atom stereocenters. The van der Waals surface area contributed by atoms with Crippen molar-refractivity contribution < 1.29 is 9.59 Å². The molecule has 4 nitrogen and oxygen atoms in total. The second kappa shape index (κ2) is 3.90. The van der Waals surface area contributed by atoms with Crippen LogP contribution >= 0.6 is 0 Å². The minimum absolute atomic E-state index is 0.0788. The Morgan fingerprint density at radius 1 is 1.33 bits per heavy atom. The number of carbonyl (C=O) groups excluding carboxylic acids is 2. The Morgan fingerprint density at radius 3 is 2.42 bits per heavy atom. The summed E-state index contributed by atoms with van der Waals surface area (Å²) in [6.45, 7) is 1.63. The van der Waals surface area contributed by atoms with Crippen LogP contribution in [0.3, 0.4) is 0 Å². The fourth-order valence-corrected chi connectivity index (χ4v) is 0.872. The van der Waals surface area contributed by atoms with Crippen LogP contribution in [0.2, 0.25) is 0 Å². The lowest BCUT2D eigenvalue weighted by atomic mass is 10.2. The van der Waals surface area contributed by atoms with Gasteiger partial charge >= 0.3 is 0 Å². The molecule has 0 radical (unpaired) electrons. The SMILES string of the molecule is CNC(=O)/C=C/C(=O)N1CCC1. The van der Waals surface area contributed by atoms with Crippen LogP contribution in [0.25, 0.3) is 0 Å². The molecule has 1 heterocycles. The molecule has 0 aromatic carbocycles. The molecule has 0 unspecified atom stereocenters. The van der Waals surface area contributed by atoms with Crippen LogP contribution in [0.5, 0.6) is 0 Å². The van der Waals surface area contributed by atoms with Crippen LogP contribution in [-0.4, -0.2) is 36.9 Å². The molecular weight excluding hydrogens is 156 g/mol. The summed E-state index contributed by atoms with van der Waals surface area (Å²) in [5, 5.41) is 2.40. The van der Waals surface area contributed by atoms with Crippen molar-refractivity contribution in [2.75, 3.05) is 20.1 Å². The summed E-state index contributed by atoms with van der Waals surface area (Å²) in [5.41, 5.74) is 0. The van der Waals surface area contributed by atoms with Gasteiger partial charge in [-0.25, -0.2) is 0 Å². The molecule has 0 saturated carbocycles. The van der Waals surface area contributed by atoms with E-state index in [9.17, 15) is 9.59 Å². The summed E-state index contributed by atoms with van der Waals surface area (Å²) in [6.07, 6.45) is 3.62. The Balaban J connectivity index is 2.33. The molecule has 1 fully saturated rings. The molecule has 1 aliphatic rings. The van der Waals surface area contributed by atoms with Crippen LogP contribution in [0, 0.1) is 0 Å². The van der Waals surface area contributed by atoms with Gasteiger partial charge < -0.3 is 10.2 Å². The fourth-order valence-electron chi connectivity index (χ4n) is 0.872. The minimum Gasteiger partial charge on any atom is -0.356 e. The van der Waals surface area contributed by atoms with Gasteiger partial charge in [0, 0.05) is 32.3 Å². The summed E-state index contributed by atoms with van der Waals surface area (Å²) in [5.74, 6) is -0.325. The fraction of sp³-hybridized carbons (Fsp3) is 0.500. The lowest BCUT2D eigenvalue weighted by molar-refractivity contribution is -0.129. The van der Waals surface area contributed by atoms with Crippen molar-refractivity contribution in [1.29, 1.82) is 0 Å². The highest BCUT2D eigenvalue weighted by Gasteiger charge is 2.17. The number of carbonyl (C=O) groups is 2. The zero-order valence-corrected chi connectivity index (χ0v) is 7.04. The second-order valence-corrected chi connectivity index (χ2v) is 2.63. The molecule has 0 spiro atoms. The van der Waals surface area contributed by atoms with Crippen LogP contribution in [-0.2, 0) is 9.59 Å².